The number of nitrogens with one attached hydrogen (secondary N) is 1. The van der Waals surface area contributed by atoms with Crippen molar-refractivity contribution in [1.29, 1.82) is 0 Å². The average Bonchev–Trinajstić information content (AvgIpc) is 3.48. The smallest absolute Gasteiger partial charge is 0.321 e. The predicted octanol–water partition coefficient (Wildman–Crippen LogP) is 3.89. The lowest BCUT2D eigenvalue weighted by molar-refractivity contribution is 0.174. The maximum atomic E-state index is 12.8. The van der Waals surface area contributed by atoms with Crippen molar-refractivity contribution in [2.45, 2.75) is 18.8 Å². The number of carbonyl (C=O) groups is 1. The molecule has 9 nitrogen and oxygen atoms in total. The largest absolute Gasteiger partial charge is 0.497 e. The average molecular weight is 422 g/mol. The topological polar surface area (TPSA) is 99.0 Å². The number of hydrogen-bond donors (Lipinski definition) is 1. The van der Waals surface area contributed by atoms with Crippen LogP contribution in [0.2, 0.25) is 0 Å². The number of fused-ring (bicyclic) bond motifs is 1. The first-order chi connectivity index (χ1) is 15.2. The second-order valence-corrected chi connectivity index (χ2v) is 7.46. The van der Waals surface area contributed by atoms with Gasteiger partial charge in [-0.05, 0) is 43.2 Å². The minimum Gasteiger partial charge on any atom is -0.497 e. The van der Waals surface area contributed by atoms with E-state index in [-0.39, 0.29) is 18.7 Å². The molecule has 0 spiro atoms. The van der Waals surface area contributed by atoms with E-state index in [2.05, 4.69) is 15.5 Å². The van der Waals surface area contributed by atoms with Gasteiger partial charge in [0.15, 0.2) is 11.5 Å². The van der Waals surface area contributed by atoms with Crippen molar-refractivity contribution >= 4 is 11.7 Å². The van der Waals surface area contributed by atoms with E-state index in [0.29, 0.717) is 47.8 Å². The fourth-order valence-corrected chi connectivity index (χ4v) is 3.81. The van der Waals surface area contributed by atoms with Gasteiger partial charge in [-0.3, -0.25) is 0 Å². The molecule has 1 unspecified atom stereocenters. The monoisotopic (exact) mass is 422 g/mol. The maximum absolute atomic E-state index is 12.8. The van der Waals surface area contributed by atoms with Crippen molar-refractivity contribution in [3.05, 3.63) is 48.4 Å². The van der Waals surface area contributed by atoms with Crippen LogP contribution >= 0.6 is 0 Å². The molecule has 2 amide bonds. The van der Waals surface area contributed by atoms with Crippen molar-refractivity contribution < 1.29 is 23.4 Å². The number of ether oxygens (including phenoxy) is 3. The molecule has 0 bridgehead atoms. The van der Waals surface area contributed by atoms with Gasteiger partial charge in [-0.1, -0.05) is 6.07 Å². The van der Waals surface area contributed by atoms with Gasteiger partial charge in [0.1, 0.15) is 5.75 Å². The number of aromatic nitrogens is 2. The molecule has 1 aromatic heterocycles. The first-order valence-corrected chi connectivity index (χ1v) is 10.1. The van der Waals surface area contributed by atoms with Crippen LogP contribution in [0, 0.1) is 0 Å². The number of rotatable bonds is 4. The molecule has 2 aliphatic heterocycles. The Balaban J connectivity index is 1.27. The summed E-state index contributed by atoms with van der Waals surface area (Å²) in [7, 11) is 1.60. The highest BCUT2D eigenvalue weighted by Crippen LogP contribution is 2.36. The normalized spacial score (nSPS) is 17.5. The van der Waals surface area contributed by atoms with Gasteiger partial charge in [-0.25, -0.2) is 4.79 Å². The second-order valence-electron chi connectivity index (χ2n) is 7.46. The molecule has 5 rings (SSSR count). The summed E-state index contributed by atoms with van der Waals surface area (Å²) in [6.45, 7) is 1.40. The van der Waals surface area contributed by atoms with Crippen molar-refractivity contribution in [3.8, 4) is 28.7 Å². The quantitative estimate of drug-likeness (QED) is 0.681. The number of nitrogens with zero attached hydrogens (tertiary/aromatic N) is 3. The zero-order valence-corrected chi connectivity index (χ0v) is 17.0. The molecule has 1 saturated heterocycles. The molecule has 160 valence electrons. The van der Waals surface area contributed by atoms with Gasteiger partial charge in [0.2, 0.25) is 18.6 Å². The van der Waals surface area contributed by atoms with E-state index in [1.54, 1.807) is 18.1 Å². The first-order valence-electron chi connectivity index (χ1n) is 10.1. The van der Waals surface area contributed by atoms with Crippen LogP contribution in [-0.2, 0) is 0 Å². The van der Waals surface area contributed by atoms with Gasteiger partial charge in [-0.2, -0.15) is 0 Å². The highest BCUT2D eigenvalue weighted by atomic mass is 16.7. The van der Waals surface area contributed by atoms with Crippen LogP contribution in [0.4, 0.5) is 10.5 Å². The number of benzene rings is 2. The minimum atomic E-state index is -0.159. The summed E-state index contributed by atoms with van der Waals surface area (Å²) in [5.41, 5.74) is 1.46. The highest BCUT2D eigenvalue weighted by Gasteiger charge is 2.29. The van der Waals surface area contributed by atoms with E-state index in [4.69, 9.17) is 18.6 Å². The molecule has 1 atom stereocenters. The zero-order chi connectivity index (χ0) is 21.2. The number of likely N-dealkylation sites (tertiary alicyclic amines) is 1. The third kappa shape index (κ3) is 3.98. The molecule has 3 heterocycles. The number of urea groups is 1. The molecule has 2 aromatic carbocycles. The molecular formula is C22H22N4O5. The molecule has 1 fully saturated rings. The molecule has 0 aliphatic carbocycles. The minimum absolute atomic E-state index is 0.0138. The second kappa shape index (κ2) is 8.17. The van der Waals surface area contributed by atoms with Crippen LogP contribution in [0.5, 0.6) is 17.2 Å². The number of methoxy groups -OCH3 is 1. The van der Waals surface area contributed by atoms with Gasteiger partial charge in [0.25, 0.3) is 0 Å². The third-order valence-electron chi connectivity index (χ3n) is 5.44. The van der Waals surface area contributed by atoms with Gasteiger partial charge < -0.3 is 28.8 Å². The number of anilines is 1. The Kier molecular flexibility index (Phi) is 5.07. The van der Waals surface area contributed by atoms with Crippen LogP contribution in [0.1, 0.15) is 24.7 Å². The molecule has 9 heteroatoms. The SMILES string of the molecule is COc1cccc(NC(=O)N2CCCC(c3nnc(-c4ccc5c(c4)OCO5)o3)C2)c1. The van der Waals surface area contributed by atoms with Crippen LogP contribution in [0.15, 0.2) is 46.9 Å². The Hall–Kier alpha value is -3.75. The Bertz CT molecular complexity index is 1100. The summed E-state index contributed by atoms with van der Waals surface area (Å²) in [6.07, 6.45) is 1.74. The third-order valence-corrected chi connectivity index (χ3v) is 5.44. The fourth-order valence-electron chi connectivity index (χ4n) is 3.81. The van der Waals surface area contributed by atoms with Crippen molar-refractivity contribution in [3.63, 3.8) is 0 Å². The van der Waals surface area contributed by atoms with Crippen molar-refractivity contribution in [2.75, 3.05) is 32.3 Å². The zero-order valence-electron chi connectivity index (χ0n) is 17.0. The molecule has 1 N–H and O–H groups in total. The van der Waals surface area contributed by atoms with E-state index in [0.717, 1.165) is 18.4 Å². The molecule has 0 saturated carbocycles. The lowest BCUT2D eigenvalue weighted by atomic mass is 9.98. The first kappa shape index (κ1) is 19.2. The summed E-state index contributed by atoms with van der Waals surface area (Å²) < 4.78 is 21.9. The van der Waals surface area contributed by atoms with Gasteiger partial charge >= 0.3 is 6.03 Å². The van der Waals surface area contributed by atoms with E-state index in [1.807, 2.05) is 36.4 Å². The molecule has 0 radical (unpaired) electrons. The Morgan fingerprint density at radius 1 is 1.16 bits per heavy atom. The number of hydrogen-bond acceptors (Lipinski definition) is 7. The number of piperidine rings is 1. The standard InChI is InChI=1S/C22H22N4O5/c1-28-17-6-2-5-16(11-17)23-22(27)26-9-3-4-15(12-26)21-25-24-20(31-21)14-7-8-18-19(10-14)30-13-29-18/h2,5-8,10-11,15H,3-4,9,12-13H2,1H3,(H,23,27). The Morgan fingerprint density at radius 2 is 2.06 bits per heavy atom. The molecule has 31 heavy (non-hydrogen) atoms. The van der Waals surface area contributed by atoms with Crippen molar-refractivity contribution in [2.24, 2.45) is 0 Å². The van der Waals surface area contributed by atoms with E-state index < -0.39 is 0 Å². The summed E-state index contributed by atoms with van der Waals surface area (Å²) in [5, 5.41) is 11.4. The van der Waals surface area contributed by atoms with Crippen molar-refractivity contribution in [1.82, 2.24) is 15.1 Å². The lowest BCUT2D eigenvalue weighted by Gasteiger charge is -2.31. The molecular weight excluding hydrogens is 400 g/mol. The van der Waals surface area contributed by atoms with Gasteiger partial charge in [0, 0.05) is 30.4 Å². The van der Waals surface area contributed by atoms with E-state index >= 15 is 0 Å². The summed E-state index contributed by atoms with van der Waals surface area (Å²) in [6, 6.07) is 12.6. The summed E-state index contributed by atoms with van der Waals surface area (Å²) in [5.74, 6) is 3.00. The summed E-state index contributed by atoms with van der Waals surface area (Å²) in [4.78, 5) is 14.5. The van der Waals surface area contributed by atoms with Crippen LogP contribution in [0.25, 0.3) is 11.5 Å². The Labute approximate surface area is 178 Å². The lowest BCUT2D eigenvalue weighted by Crippen LogP contribution is -2.41. The number of carbonyl (C=O) groups excluding carboxylic acids is 1. The Morgan fingerprint density at radius 3 is 2.97 bits per heavy atom. The molecule has 3 aromatic rings. The van der Waals surface area contributed by atoms with E-state index in [9.17, 15) is 4.79 Å². The van der Waals surface area contributed by atoms with Crippen LogP contribution < -0.4 is 19.5 Å². The molecule has 2 aliphatic rings. The number of amides is 2. The van der Waals surface area contributed by atoms with E-state index in [1.165, 1.54) is 0 Å². The van der Waals surface area contributed by atoms with Gasteiger partial charge in [-0.15, -0.1) is 10.2 Å². The maximum Gasteiger partial charge on any atom is 0.321 e. The van der Waals surface area contributed by atoms with Gasteiger partial charge in [0.05, 0.1) is 13.0 Å². The summed E-state index contributed by atoms with van der Waals surface area (Å²) >= 11 is 0. The van der Waals surface area contributed by atoms with Crippen LogP contribution in [0.3, 0.4) is 0 Å². The fraction of sp³-hybridized carbons (Fsp3) is 0.318. The predicted molar refractivity (Wildman–Crippen MR) is 111 cm³/mol. The highest BCUT2D eigenvalue weighted by molar-refractivity contribution is 5.89. The van der Waals surface area contributed by atoms with Crippen LogP contribution in [-0.4, -0.2) is 48.1 Å².